The van der Waals surface area contributed by atoms with Crippen LogP contribution in [-0.2, 0) is 22.6 Å². The smallest absolute Gasteiger partial charge is 0.335 e. The van der Waals surface area contributed by atoms with Crippen molar-refractivity contribution in [3.8, 4) is 17.2 Å². The molecule has 0 aromatic heterocycles. The minimum absolute atomic E-state index is 0.0230. The Kier molecular flexibility index (Phi) is 8.34. The number of nitrogens with zero attached hydrogens (tertiary/aromatic N) is 2. The molecule has 2 aliphatic heterocycles. The van der Waals surface area contributed by atoms with Gasteiger partial charge in [0.15, 0.2) is 16.6 Å². The maximum atomic E-state index is 13.5. The van der Waals surface area contributed by atoms with Crippen molar-refractivity contribution in [3.63, 3.8) is 0 Å². The van der Waals surface area contributed by atoms with Gasteiger partial charge in [0.1, 0.15) is 11.4 Å². The average Bonchev–Trinajstić information content (AvgIpc) is 3.46. The van der Waals surface area contributed by atoms with Gasteiger partial charge in [-0.15, -0.1) is 0 Å². The normalized spacial score (nSPS) is 15.1. The molecule has 0 unspecified atom stereocenters. The Balaban J connectivity index is 1.44. The van der Waals surface area contributed by atoms with Crippen LogP contribution < -0.4 is 29.7 Å². The summed E-state index contributed by atoms with van der Waals surface area (Å²) in [5, 5.41) is 5.96. The predicted molar refractivity (Wildman–Crippen MR) is 157 cm³/mol. The zero-order valence-corrected chi connectivity index (χ0v) is 23.6. The Morgan fingerprint density at radius 1 is 1.14 bits per heavy atom. The van der Waals surface area contributed by atoms with Crippen LogP contribution in [0.1, 0.15) is 16.7 Å². The third-order valence-electron chi connectivity index (χ3n) is 6.77. The molecule has 42 heavy (non-hydrogen) atoms. The number of benzene rings is 3. The number of imide groups is 2. The van der Waals surface area contributed by atoms with Crippen LogP contribution in [0.15, 0.2) is 66.2 Å². The van der Waals surface area contributed by atoms with Crippen molar-refractivity contribution in [1.29, 1.82) is 0 Å². The van der Waals surface area contributed by atoms with Gasteiger partial charge in [-0.2, -0.15) is 0 Å². The molecule has 2 heterocycles. The van der Waals surface area contributed by atoms with Crippen LogP contribution in [0.3, 0.4) is 0 Å². The fraction of sp³-hybridized carbons (Fsp3) is 0.200. The number of methoxy groups -OCH3 is 1. The molecule has 0 spiro atoms. The molecule has 0 saturated carbocycles. The van der Waals surface area contributed by atoms with Gasteiger partial charge in [-0.25, -0.2) is 14.1 Å². The topological polar surface area (TPSA) is 109 Å². The molecule has 3 aromatic rings. The number of fused-ring (bicyclic) bond motifs is 1. The van der Waals surface area contributed by atoms with Crippen molar-refractivity contribution in [1.82, 2.24) is 15.5 Å². The van der Waals surface area contributed by atoms with E-state index >= 15 is 0 Å². The monoisotopic (exact) mass is 590 g/mol. The molecular formula is C30H27FN4O6S. The van der Waals surface area contributed by atoms with E-state index < -0.39 is 23.7 Å². The van der Waals surface area contributed by atoms with E-state index in [4.69, 9.17) is 26.4 Å². The number of likely N-dealkylation sites (N-methyl/N-ethyl adjacent to an activating group) is 1. The third kappa shape index (κ3) is 5.88. The fourth-order valence-electron chi connectivity index (χ4n) is 4.57. The lowest BCUT2D eigenvalue weighted by Crippen LogP contribution is -2.54. The summed E-state index contributed by atoms with van der Waals surface area (Å²) in [5.74, 6) is -1.23. The highest BCUT2D eigenvalue weighted by Crippen LogP contribution is 2.46. The van der Waals surface area contributed by atoms with Gasteiger partial charge in [-0.3, -0.25) is 14.9 Å². The summed E-state index contributed by atoms with van der Waals surface area (Å²) in [7, 11) is 3.29. The number of rotatable bonds is 8. The molecule has 10 nitrogen and oxygen atoms in total. The summed E-state index contributed by atoms with van der Waals surface area (Å²) < 4.78 is 30.4. The van der Waals surface area contributed by atoms with Crippen LogP contribution in [0.25, 0.3) is 6.08 Å². The van der Waals surface area contributed by atoms with E-state index in [1.165, 1.54) is 25.3 Å². The van der Waals surface area contributed by atoms with Crippen molar-refractivity contribution in [3.05, 3.63) is 88.7 Å². The first kappa shape index (κ1) is 28.6. The first-order valence-electron chi connectivity index (χ1n) is 13.0. The van der Waals surface area contributed by atoms with E-state index in [1.807, 2.05) is 42.3 Å². The van der Waals surface area contributed by atoms with Gasteiger partial charge in [0.25, 0.3) is 11.8 Å². The molecular weight excluding hydrogens is 563 g/mol. The number of barbiturate groups is 1. The van der Waals surface area contributed by atoms with Gasteiger partial charge in [0.2, 0.25) is 12.5 Å². The standard InChI is InChI=1S/C30H27FN4O6S/c1-34(30(42)32-16-18-6-4-3-5-7-18)13-12-19-14-24-26(41-17-40-24)25(39-2)22(19)15-23-27(36)33-29(38)35(28(23)37)21-10-8-20(31)9-11-21/h3-11,14-15H,12-13,16-17H2,1-2H3,(H,32,42)(H,33,36,38). The molecule has 2 N–H and O–H groups in total. The number of nitrogens with one attached hydrogen (secondary N) is 2. The lowest BCUT2D eigenvalue weighted by molar-refractivity contribution is -0.122. The van der Waals surface area contributed by atoms with E-state index in [2.05, 4.69) is 10.6 Å². The van der Waals surface area contributed by atoms with Crippen LogP contribution >= 0.6 is 12.2 Å². The van der Waals surface area contributed by atoms with E-state index in [0.717, 1.165) is 22.6 Å². The Morgan fingerprint density at radius 2 is 1.88 bits per heavy atom. The van der Waals surface area contributed by atoms with E-state index in [9.17, 15) is 18.8 Å². The second-order valence-corrected chi connectivity index (χ2v) is 9.85. The molecule has 1 saturated heterocycles. The maximum Gasteiger partial charge on any atom is 0.335 e. The van der Waals surface area contributed by atoms with Crippen molar-refractivity contribution >= 4 is 46.9 Å². The fourth-order valence-corrected chi connectivity index (χ4v) is 4.73. The SMILES string of the molecule is COc1c(C=C2C(=O)NC(=O)N(c3ccc(F)cc3)C2=O)c(CCN(C)C(=S)NCc2ccccc2)cc2c1OCO2. The Labute approximate surface area is 246 Å². The van der Waals surface area contributed by atoms with Crippen LogP contribution in [-0.4, -0.2) is 55.4 Å². The zero-order valence-electron chi connectivity index (χ0n) is 22.8. The van der Waals surface area contributed by atoms with Gasteiger partial charge in [-0.1, -0.05) is 30.3 Å². The first-order valence-corrected chi connectivity index (χ1v) is 13.4. The average molecular weight is 591 g/mol. The molecule has 5 rings (SSSR count). The van der Waals surface area contributed by atoms with E-state index in [1.54, 1.807) is 6.07 Å². The van der Waals surface area contributed by atoms with Gasteiger partial charge in [0.05, 0.1) is 12.8 Å². The number of carbonyl (C=O) groups excluding carboxylic acids is 3. The molecule has 0 radical (unpaired) electrons. The van der Waals surface area contributed by atoms with Crippen molar-refractivity contribution in [2.75, 3.05) is 32.4 Å². The number of anilines is 1. The molecule has 0 bridgehead atoms. The first-order chi connectivity index (χ1) is 20.3. The summed E-state index contributed by atoms with van der Waals surface area (Å²) in [4.78, 5) is 41.6. The number of urea groups is 1. The number of hydrogen-bond acceptors (Lipinski definition) is 7. The number of ether oxygens (including phenoxy) is 3. The highest BCUT2D eigenvalue weighted by molar-refractivity contribution is 7.80. The van der Waals surface area contributed by atoms with Gasteiger partial charge >= 0.3 is 6.03 Å². The number of carbonyl (C=O) groups is 3. The predicted octanol–water partition coefficient (Wildman–Crippen LogP) is 3.78. The Hall–Kier alpha value is -4.97. The van der Waals surface area contributed by atoms with E-state index in [0.29, 0.717) is 47.2 Å². The maximum absolute atomic E-state index is 13.5. The van der Waals surface area contributed by atoms with Crippen LogP contribution in [0.4, 0.5) is 14.9 Å². The van der Waals surface area contributed by atoms with Crippen LogP contribution in [0.2, 0.25) is 0 Å². The molecule has 216 valence electrons. The summed E-state index contributed by atoms with van der Waals surface area (Å²) in [6, 6.07) is 15.5. The number of amides is 4. The lowest BCUT2D eigenvalue weighted by atomic mass is 9.98. The highest BCUT2D eigenvalue weighted by Gasteiger charge is 2.37. The van der Waals surface area contributed by atoms with Gasteiger partial charge in [-0.05, 0) is 66.2 Å². The van der Waals surface area contributed by atoms with Gasteiger partial charge < -0.3 is 24.4 Å². The van der Waals surface area contributed by atoms with Crippen molar-refractivity contribution in [2.24, 2.45) is 0 Å². The third-order valence-corrected chi connectivity index (χ3v) is 7.23. The zero-order chi connectivity index (χ0) is 29.8. The molecule has 0 atom stereocenters. The van der Waals surface area contributed by atoms with Crippen LogP contribution in [0.5, 0.6) is 17.2 Å². The minimum Gasteiger partial charge on any atom is -0.492 e. The number of hydrogen-bond donors (Lipinski definition) is 2. The summed E-state index contributed by atoms with van der Waals surface area (Å²) in [6.45, 7) is 1.02. The quantitative estimate of drug-likeness (QED) is 0.230. The molecule has 1 fully saturated rings. The molecule has 3 aromatic carbocycles. The van der Waals surface area contributed by atoms with Crippen molar-refractivity contribution in [2.45, 2.75) is 13.0 Å². The summed E-state index contributed by atoms with van der Waals surface area (Å²) in [5.41, 5.74) is 1.97. The molecule has 12 heteroatoms. The Bertz CT molecular complexity index is 1580. The second-order valence-electron chi connectivity index (χ2n) is 9.47. The number of thiocarbonyl (C=S) groups is 1. The largest absolute Gasteiger partial charge is 0.492 e. The lowest BCUT2D eigenvalue weighted by Gasteiger charge is -2.27. The minimum atomic E-state index is -0.940. The van der Waals surface area contributed by atoms with Crippen molar-refractivity contribution < 1.29 is 33.0 Å². The van der Waals surface area contributed by atoms with Gasteiger partial charge in [0, 0.05) is 25.7 Å². The number of halogens is 1. The van der Waals surface area contributed by atoms with Crippen LogP contribution in [0, 0.1) is 5.82 Å². The summed E-state index contributed by atoms with van der Waals surface area (Å²) in [6.07, 6.45) is 1.79. The molecule has 4 amide bonds. The summed E-state index contributed by atoms with van der Waals surface area (Å²) >= 11 is 5.57. The van der Waals surface area contributed by atoms with E-state index in [-0.39, 0.29) is 23.8 Å². The second kappa shape index (κ2) is 12.3. The highest BCUT2D eigenvalue weighted by atomic mass is 32.1. The molecule has 2 aliphatic rings. The molecule has 0 aliphatic carbocycles. The Morgan fingerprint density at radius 3 is 2.60 bits per heavy atom.